The largest absolute Gasteiger partial charge is 0.357 e. The average molecular weight is 237 g/mol. The Morgan fingerprint density at radius 3 is 2.31 bits per heavy atom. The van der Waals surface area contributed by atoms with Gasteiger partial charge in [0, 0.05) is 25.1 Å². The van der Waals surface area contributed by atoms with E-state index in [1.54, 1.807) is 0 Å². The Hall–Kier alpha value is -1.15. The highest BCUT2D eigenvalue weighted by molar-refractivity contribution is 6.24. The molecule has 1 aliphatic heterocycles. The number of alkyl halides is 1. The van der Waals surface area contributed by atoms with E-state index in [1.807, 2.05) is 39.1 Å². The van der Waals surface area contributed by atoms with Crippen LogP contribution in [0.3, 0.4) is 0 Å². The lowest BCUT2D eigenvalue weighted by Crippen LogP contribution is -2.49. The van der Waals surface area contributed by atoms with Crippen molar-refractivity contribution in [1.29, 1.82) is 0 Å². The molecule has 0 radical (unpaired) electrons. The van der Waals surface area contributed by atoms with Crippen LogP contribution in [0, 0.1) is 0 Å². The number of hydrogen-bond donors (Lipinski definition) is 0. The van der Waals surface area contributed by atoms with Gasteiger partial charge in [-0.25, -0.2) is 0 Å². The van der Waals surface area contributed by atoms with Crippen molar-refractivity contribution in [2.75, 3.05) is 11.9 Å². The molecule has 2 rings (SSSR count). The van der Waals surface area contributed by atoms with Gasteiger partial charge >= 0.3 is 0 Å². The number of benzene rings is 1. The fourth-order valence-corrected chi connectivity index (χ4v) is 2.44. The van der Waals surface area contributed by atoms with Crippen LogP contribution in [0.2, 0.25) is 0 Å². The molecule has 0 saturated carbocycles. The Balaban J connectivity index is 2.32. The first-order valence-electron chi connectivity index (χ1n) is 5.43. The fourth-order valence-electron chi connectivity index (χ4n) is 2.18. The third-order valence-electron chi connectivity index (χ3n) is 2.78. The van der Waals surface area contributed by atoms with Gasteiger partial charge in [0.05, 0.1) is 4.87 Å². The molecule has 16 heavy (non-hydrogen) atoms. The average Bonchev–Trinajstić information content (AvgIpc) is 2.61. The lowest BCUT2D eigenvalue weighted by Gasteiger charge is -2.38. The summed E-state index contributed by atoms with van der Waals surface area (Å²) in [7, 11) is 2.05. The SMILES string of the molecule is CN1C=CN(c2ccccc2)C1C(C)(C)Cl. The van der Waals surface area contributed by atoms with Crippen LogP contribution in [0.4, 0.5) is 5.69 Å². The molecule has 1 aliphatic rings. The van der Waals surface area contributed by atoms with Gasteiger partial charge in [0.15, 0.2) is 0 Å². The third kappa shape index (κ3) is 2.03. The second-order valence-corrected chi connectivity index (χ2v) is 5.62. The van der Waals surface area contributed by atoms with Crippen molar-refractivity contribution < 1.29 is 0 Å². The number of anilines is 1. The molecule has 1 unspecified atom stereocenters. The molecule has 1 atom stereocenters. The Kier molecular flexibility index (Phi) is 2.85. The molecule has 1 aromatic carbocycles. The maximum atomic E-state index is 6.46. The van der Waals surface area contributed by atoms with Crippen LogP contribution in [-0.2, 0) is 0 Å². The summed E-state index contributed by atoms with van der Waals surface area (Å²) in [6, 6.07) is 10.3. The van der Waals surface area contributed by atoms with Crippen LogP contribution < -0.4 is 4.90 Å². The molecule has 0 saturated heterocycles. The van der Waals surface area contributed by atoms with Crippen LogP contribution in [0.15, 0.2) is 42.7 Å². The number of halogens is 1. The fraction of sp³-hybridized carbons (Fsp3) is 0.385. The minimum atomic E-state index is -0.311. The molecule has 0 amide bonds. The summed E-state index contributed by atoms with van der Waals surface area (Å²) in [6.07, 6.45) is 4.28. The minimum absolute atomic E-state index is 0.150. The minimum Gasteiger partial charge on any atom is -0.357 e. The first kappa shape index (κ1) is 11.3. The standard InChI is InChI=1S/C13H17ClN2/c1-13(2,14)12-15(3)9-10-16(12)11-7-5-4-6-8-11/h4-10,12H,1-3H3. The van der Waals surface area contributed by atoms with Crippen molar-refractivity contribution >= 4 is 17.3 Å². The lowest BCUT2D eigenvalue weighted by molar-refractivity contribution is 0.302. The van der Waals surface area contributed by atoms with E-state index < -0.39 is 0 Å². The van der Waals surface area contributed by atoms with E-state index in [0.29, 0.717) is 0 Å². The molecule has 1 aromatic rings. The van der Waals surface area contributed by atoms with Crippen molar-refractivity contribution in [3.05, 3.63) is 42.7 Å². The van der Waals surface area contributed by atoms with Crippen molar-refractivity contribution in [3.8, 4) is 0 Å². The summed E-state index contributed by atoms with van der Waals surface area (Å²) in [5, 5.41) is 0. The Labute approximate surface area is 102 Å². The highest BCUT2D eigenvalue weighted by atomic mass is 35.5. The molecule has 0 bridgehead atoms. The van der Waals surface area contributed by atoms with Crippen molar-refractivity contribution in [2.45, 2.75) is 24.9 Å². The highest BCUT2D eigenvalue weighted by Crippen LogP contribution is 2.33. The number of nitrogens with zero attached hydrogens (tertiary/aromatic N) is 2. The summed E-state index contributed by atoms with van der Waals surface area (Å²) >= 11 is 6.46. The van der Waals surface area contributed by atoms with Crippen molar-refractivity contribution in [3.63, 3.8) is 0 Å². The van der Waals surface area contributed by atoms with E-state index in [9.17, 15) is 0 Å². The molecule has 2 nitrogen and oxygen atoms in total. The first-order valence-corrected chi connectivity index (χ1v) is 5.80. The summed E-state index contributed by atoms with van der Waals surface area (Å²) in [6.45, 7) is 4.08. The van der Waals surface area contributed by atoms with Gasteiger partial charge in [0.25, 0.3) is 0 Å². The molecule has 86 valence electrons. The van der Waals surface area contributed by atoms with E-state index in [-0.39, 0.29) is 11.0 Å². The Morgan fingerprint density at radius 1 is 1.12 bits per heavy atom. The van der Waals surface area contributed by atoms with Crippen LogP contribution in [0.5, 0.6) is 0 Å². The smallest absolute Gasteiger partial charge is 0.124 e. The van der Waals surface area contributed by atoms with Gasteiger partial charge in [0.1, 0.15) is 6.17 Å². The topological polar surface area (TPSA) is 6.48 Å². The Bertz CT molecular complexity index is 381. The van der Waals surface area contributed by atoms with Crippen molar-refractivity contribution in [1.82, 2.24) is 4.90 Å². The van der Waals surface area contributed by atoms with Crippen LogP contribution in [0.25, 0.3) is 0 Å². The number of rotatable bonds is 2. The zero-order valence-corrected chi connectivity index (χ0v) is 10.6. The van der Waals surface area contributed by atoms with E-state index in [0.717, 1.165) is 0 Å². The summed E-state index contributed by atoms with van der Waals surface area (Å²) in [4.78, 5) is 4.03. The Morgan fingerprint density at radius 2 is 1.75 bits per heavy atom. The zero-order chi connectivity index (χ0) is 11.8. The van der Waals surface area contributed by atoms with E-state index in [2.05, 4.69) is 34.3 Å². The lowest BCUT2D eigenvalue weighted by atomic mass is 10.1. The summed E-state index contributed by atoms with van der Waals surface area (Å²) < 4.78 is 0. The molecule has 3 heteroatoms. The van der Waals surface area contributed by atoms with E-state index in [4.69, 9.17) is 11.6 Å². The monoisotopic (exact) mass is 236 g/mol. The second-order valence-electron chi connectivity index (χ2n) is 4.64. The zero-order valence-electron chi connectivity index (χ0n) is 9.89. The van der Waals surface area contributed by atoms with Gasteiger partial charge in [-0.15, -0.1) is 11.6 Å². The normalized spacial score (nSPS) is 20.6. The van der Waals surface area contributed by atoms with Crippen LogP contribution >= 0.6 is 11.6 Å². The molecule has 0 N–H and O–H groups in total. The highest BCUT2D eigenvalue weighted by Gasteiger charge is 2.37. The third-order valence-corrected chi connectivity index (χ3v) is 2.98. The number of hydrogen-bond acceptors (Lipinski definition) is 2. The molecular weight excluding hydrogens is 220 g/mol. The van der Waals surface area contributed by atoms with Crippen molar-refractivity contribution in [2.24, 2.45) is 0 Å². The van der Waals surface area contributed by atoms with Gasteiger partial charge in [-0.05, 0) is 26.0 Å². The number of para-hydroxylation sites is 1. The van der Waals surface area contributed by atoms with Crippen LogP contribution in [0.1, 0.15) is 13.8 Å². The van der Waals surface area contributed by atoms with Gasteiger partial charge in [-0.2, -0.15) is 0 Å². The van der Waals surface area contributed by atoms with Gasteiger partial charge < -0.3 is 9.80 Å². The maximum Gasteiger partial charge on any atom is 0.124 e. The molecular formula is C13H17ClN2. The summed E-state index contributed by atoms with van der Waals surface area (Å²) in [5.74, 6) is 0. The molecule has 0 aliphatic carbocycles. The molecule has 0 fully saturated rings. The van der Waals surface area contributed by atoms with Crippen LogP contribution in [-0.4, -0.2) is 23.0 Å². The molecule has 0 aromatic heterocycles. The van der Waals surface area contributed by atoms with Gasteiger partial charge in [-0.1, -0.05) is 18.2 Å². The quantitative estimate of drug-likeness (QED) is 0.728. The molecule has 0 spiro atoms. The second kappa shape index (κ2) is 4.02. The predicted molar refractivity (Wildman–Crippen MR) is 69.5 cm³/mol. The summed E-state index contributed by atoms with van der Waals surface area (Å²) in [5.41, 5.74) is 1.17. The van der Waals surface area contributed by atoms with E-state index >= 15 is 0 Å². The first-order chi connectivity index (χ1) is 7.50. The maximum absolute atomic E-state index is 6.46. The van der Waals surface area contributed by atoms with Gasteiger partial charge in [0.2, 0.25) is 0 Å². The van der Waals surface area contributed by atoms with E-state index in [1.165, 1.54) is 5.69 Å². The van der Waals surface area contributed by atoms with Gasteiger partial charge in [-0.3, -0.25) is 0 Å². The molecule has 1 heterocycles. The predicted octanol–water partition coefficient (Wildman–Crippen LogP) is 3.25.